The van der Waals surface area contributed by atoms with Gasteiger partial charge in [0, 0.05) is 0 Å². The van der Waals surface area contributed by atoms with Crippen LogP contribution in [0.2, 0.25) is 0 Å². The number of rotatable bonds is 6. The third-order valence-corrected chi connectivity index (χ3v) is 4.07. The van der Waals surface area contributed by atoms with Crippen LogP contribution in [0.1, 0.15) is 74.1 Å². The molecule has 0 saturated heterocycles. The Morgan fingerprint density at radius 1 is 0.933 bits per heavy atom. The molecular weight excluding hydrogens is 180 g/mol. The van der Waals surface area contributed by atoms with Crippen molar-refractivity contribution in [3.05, 3.63) is 0 Å². The summed E-state index contributed by atoms with van der Waals surface area (Å²) in [6.07, 6.45) is 5.45. The van der Waals surface area contributed by atoms with Gasteiger partial charge in [-0.3, -0.25) is 0 Å². The van der Waals surface area contributed by atoms with E-state index in [1.807, 2.05) is 0 Å². The van der Waals surface area contributed by atoms with E-state index >= 15 is 0 Å². The van der Waals surface area contributed by atoms with E-state index in [0.29, 0.717) is 5.41 Å². The minimum Gasteiger partial charge on any atom is -0.0651 e. The lowest BCUT2D eigenvalue weighted by Crippen LogP contribution is -2.20. The molecule has 0 radical (unpaired) electrons. The van der Waals surface area contributed by atoms with Crippen molar-refractivity contribution in [1.29, 1.82) is 0 Å². The summed E-state index contributed by atoms with van der Waals surface area (Å²) in [7, 11) is 0. The SMILES string of the molecule is CCC(C)C(C)C(CC)CCC(C)(C)C. The van der Waals surface area contributed by atoms with Crippen LogP contribution in [0.4, 0.5) is 0 Å². The molecule has 0 aliphatic rings. The average Bonchev–Trinajstić information content (AvgIpc) is 2.15. The highest BCUT2D eigenvalue weighted by molar-refractivity contribution is 4.72. The summed E-state index contributed by atoms with van der Waals surface area (Å²) in [5.74, 6) is 2.71. The molecule has 0 aromatic carbocycles. The molecule has 0 bridgehead atoms. The van der Waals surface area contributed by atoms with Gasteiger partial charge in [-0.1, -0.05) is 61.3 Å². The van der Waals surface area contributed by atoms with Gasteiger partial charge in [0.05, 0.1) is 0 Å². The van der Waals surface area contributed by atoms with Crippen LogP contribution in [-0.2, 0) is 0 Å². The molecule has 0 aliphatic heterocycles. The Hall–Kier alpha value is 0. The quantitative estimate of drug-likeness (QED) is 0.543. The van der Waals surface area contributed by atoms with Crippen molar-refractivity contribution in [2.24, 2.45) is 23.2 Å². The second kappa shape index (κ2) is 6.55. The van der Waals surface area contributed by atoms with Crippen molar-refractivity contribution in [1.82, 2.24) is 0 Å². The van der Waals surface area contributed by atoms with Crippen LogP contribution in [0.25, 0.3) is 0 Å². The van der Waals surface area contributed by atoms with E-state index in [2.05, 4.69) is 48.5 Å². The summed E-state index contributed by atoms with van der Waals surface area (Å²) >= 11 is 0. The Labute approximate surface area is 97.8 Å². The average molecular weight is 212 g/mol. The minimum absolute atomic E-state index is 0.503. The molecule has 0 aromatic heterocycles. The Morgan fingerprint density at radius 3 is 1.80 bits per heavy atom. The Bertz CT molecular complexity index is 152. The zero-order valence-electron chi connectivity index (χ0n) is 12.1. The summed E-state index contributed by atoms with van der Waals surface area (Å²) in [4.78, 5) is 0. The molecule has 0 saturated carbocycles. The fraction of sp³-hybridized carbons (Fsp3) is 1.00. The summed E-state index contributed by atoms with van der Waals surface area (Å²) in [6.45, 7) is 16.6. The van der Waals surface area contributed by atoms with Crippen molar-refractivity contribution >= 4 is 0 Å². The molecule has 0 heteroatoms. The Morgan fingerprint density at radius 2 is 1.47 bits per heavy atom. The molecule has 0 aliphatic carbocycles. The summed E-state index contributed by atoms with van der Waals surface area (Å²) < 4.78 is 0. The molecule has 0 rings (SSSR count). The van der Waals surface area contributed by atoms with E-state index < -0.39 is 0 Å². The largest absolute Gasteiger partial charge is 0.0651 e. The monoisotopic (exact) mass is 212 g/mol. The number of hydrogen-bond acceptors (Lipinski definition) is 0. The van der Waals surface area contributed by atoms with Gasteiger partial charge in [-0.2, -0.15) is 0 Å². The molecule has 15 heavy (non-hydrogen) atoms. The second-order valence-corrected chi connectivity index (χ2v) is 6.51. The van der Waals surface area contributed by atoms with E-state index in [4.69, 9.17) is 0 Å². The van der Waals surface area contributed by atoms with Crippen LogP contribution in [0.5, 0.6) is 0 Å². The molecule has 92 valence electrons. The van der Waals surface area contributed by atoms with Gasteiger partial charge >= 0.3 is 0 Å². The molecular formula is C15H32. The zero-order valence-corrected chi connectivity index (χ0v) is 12.1. The fourth-order valence-corrected chi connectivity index (χ4v) is 2.29. The highest BCUT2D eigenvalue weighted by Crippen LogP contribution is 2.32. The normalized spacial score (nSPS) is 18.6. The van der Waals surface area contributed by atoms with E-state index in [1.54, 1.807) is 0 Å². The first-order chi connectivity index (χ1) is 6.81. The van der Waals surface area contributed by atoms with Gasteiger partial charge < -0.3 is 0 Å². The molecule has 0 heterocycles. The topological polar surface area (TPSA) is 0 Å². The molecule has 0 N–H and O–H groups in total. The van der Waals surface area contributed by atoms with Crippen molar-refractivity contribution in [3.63, 3.8) is 0 Å². The van der Waals surface area contributed by atoms with Crippen LogP contribution >= 0.6 is 0 Å². The van der Waals surface area contributed by atoms with E-state index in [-0.39, 0.29) is 0 Å². The van der Waals surface area contributed by atoms with Gasteiger partial charge in [0.2, 0.25) is 0 Å². The molecule has 0 aromatic rings. The fourth-order valence-electron chi connectivity index (χ4n) is 2.29. The summed E-state index contributed by atoms with van der Waals surface area (Å²) in [6, 6.07) is 0. The van der Waals surface area contributed by atoms with Gasteiger partial charge in [-0.05, 0) is 36.0 Å². The predicted octanol–water partition coefficient (Wildman–Crippen LogP) is 5.52. The zero-order chi connectivity index (χ0) is 12.1. The van der Waals surface area contributed by atoms with Gasteiger partial charge in [0.1, 0.15) is 0 Å². The van der Waals surface area contributed by atoms with Crippen molar-refractivity contribution in [2.75, 3.05) is 0 Å². The smallest absolute Gasteiger partial charge is 0.0383 e. The Balaban J connectivity index is 4.13. The van der Waals surface area contributed by atoms with E-state index in [1.165, 1.54) is 25.7 Å². The maximum absolute atomic E-state index is 2.45. The molecule has 0 spiro atoms. The first-order valence-corrected chi connectivity index (χ1v) is 6.81. The third-order valence-electron chi connectivity index (χ3n) is 4.07. The van der Waals surface area contributed by atoms with Crippen molar-refractivity contribution < 1.29 is 0 Å². The van der Waals surface area contributed by atoms with Gasteiger partial charge in [-0.15, -0.1) is 0 Å². The van der Waals surface area contributed by atoms with Gasteiger partial charge in [0.25, 0.3) is 0 Å². The van der Waals surface area contributed by atoms with Crippen LogP contribution < -0.4 is 0 Å². The van der Waals surface area contributed by atoms with Gasteiger partial charge in [0.15, 0.2) is 0 Å². The Kier molecular flexibility index (Phi) is 6.55. The number of hydrogen-bond donors (Lipinski definition) is 0. The van der Waals surface area contributed by atoms with Gasteiger partial charge in [-0.25, -0.2) is 0 Å². The van der Waals surface area contributed by atoms with Crippen LogP contribution in [-0.4, -0.2) is 0 Å². The standard InChI is InChI=1S/C15H32/c1-8-12(3)13(4)14(9-2)10-11-15(5,6)7/h12-14H,8-11H2,1-7H3. The maximum atomic E-state index is 2.45. The van der Waals surface area contributed by atoms with Crippen LogP contribution in [0.3, 0.4) is 0 Å². The van der Waals surface area contributed by atoms with E-state index in [9.17, 15) is 0 Å². The second-order valence-electron chi connectivity index (χ2n) is 6.51. The molecule has 0 amide bonds. The minimum atomic E-state index is 0.503. The lowest BCUT2D eigenvalue weighted by atomic mass is 9.76. The molecule has 0 nitrogen and oxygen atoms in total. The highest BCUT2D eigenvalue weighted by Gasteiger charge is 2.22. The molecule has 3 unspecified atom stereocenters. The first-order valence-electron chi connectivity index (χ1n) is 6.81. The molecule has 0 fully saturated rings. The summed E-state index contributed by atoms with van der Waals surface area (Å²) in [5, 5.41) is 0. The van der Waals surface area contributed by atoms with Crippen molar-refractivity contribution in [3.8, 4) is 0 Å². The lowest BCUT2D eigenvalue weighted by molar-refractivity contribution is 0.208. The highest BCUT2D eigenvalue weighted by atomic mass is 14.3. The van der Waals surface area contributed by atoms with E-state index in [0.717, 1.165) is 17.8 Å². The van der Waals surface area contributed by atoms with Crippen LogP contribution in [0.15, 0.2) is 0 Å². The lowest BCUT2D eigenvalue weighted by Gasteiger charge is -2.30. The predicted molar refractivity (Wildman–Crippen MR) is 71.1 cm³/mol. The van der Waals surface area contributed by atoms with Crippen LogP contribution in [0, 0.1) is 23.2 Å². The summed E-state index contributed by atoms with van der Waals surface area (Å²) in [5.41, 5.74) is 0.503. The first kappa shape index (κ1) is 15.0. The third kappa shape index (κ3) is 6.22. The maximum Gasteiger partial charge on any atom is -0.0383 e. The molecule has 3 atom stereocenters. The van der Waals surface area contributed by atoms with Crippen molar-refractivity contribution in [2.45, 2.75) is 74.1 Å².